The summed E-state index contributed by atoms with van der Waals surface area (Å²) in [6.07, 6.45) is -2.26. The van der Waals surface area contributed by atoms with Crippen LogP contribution in [0, 0.1) is 9.49 Å². The number of amides is 1. The van der Waals surface area contributed by atoms with Gasteiger partial charge in [-0.25, -0.2) is 0 Å². The molecule has 1 N–H and O–H groups in total. The zero-order chi connectivity index (χ0) is 13.3. The van der Waals surface area contributed by atoms with Crippen molar-refractivity contribution in [2.24, 2.45) is 5.92 Å². The molecule has 0 atom stereocenters. The number of benzene rings is 1. The van der Waals surface area contributed by atoms with Gasteiger partial charge in [0, 0.05) is 15.7 Å². The number of carbonyl (C=O) groups is 1. The molecule has 2 rings (SSSR count). The van der Waals surface area contributed by atoms with Crippen LogP contribution in [0.3, 0.4) is 0 Å². The van der Waals surface area contributed by atoms with Crippen molar-refractivity contribution < 1.29 is 18.0 Å². The molecule has 0 aliphatic heterocycles. The van der Waals surface area contributed by atoms with Gasteiger partial charge in [0.2, 0.25) is 0 Å². The molecule has 0 heterocycles. The van der Waals surface area contributed by atoms with Crippen LogP contribution in [0.25, 0.3) is 0 Å². The van der Waals surface area contributed by atoms with Crippen molar-refractivity contribution in [1.29, 1.82) is 0 Å². The van der Waals surface area contributed by atoms with E-state index in [0.717, 1.165) is 25.0 Å². The molecule has 0 saturated heterocycles. The highest BCUT2D eigenvalue weighted by atomic mass is 127. The lowest BCUT2D eigenvalue weighted by molar-refractivity contribution is -0.137. The number of rotatable bonds is 3. The Bertz CT molecular complexity index is 469. The molecule has 1 aromatic carbocycles. The molecule has 1 aliphatic carbocycles. The van der Waals surface area contributed by atoms with Gasteiger partial charge in [-0.1, -0.05) is 0 Å². The van der Waals surface area contributed by atoms with Gasteiger partial charge in [0.1, 0.15) is 0 Å². The monoisotopic (exact) mass is 369 g/mol. The quantitative estimate of drug-likeness (QED) is 0.813. The van der Waals surface area contributed by atoms with Gasteiger partial charge in [-0.2, -0.15) is 13.2 Å². The third-order valence-electron chi connectivity index (χ3n) is 2.74. The van der Waals surface area contributed by atoms with Crippen LogP contribution >= 0.6 is 22.6 Å². The molecule has 1 amide bonds. The van der Waals surface area contributed by atoms with Gasteiger partial charge in [-0.15, -0.1) is 0 Å². The van der Waals surface area contributed by atoms with Gasteiger partial charge >= 0.3 is 6.18 Å². The molecule has 2 nitrogen and oxygen atoms in total. The first-order valence-corrected chi connectivity index (χ1v) is 6.60. The smallest absolute Gasteiger partial charge is 0.352 e. The second-order valence-corrected chi connectivity index (χ2v) is 5.63. The lowest BCUT2D eigenvalue weighted by atomic mass is 10.1. The minimum absolute atomic E-state index is 0.0647. The molecule has 6 heteroatoms. The van der Waals surface area contributed by atoms with Crippen LogP contribution in [-0.2, 0) is 6.18 Å². The summed E-state index contributed by atoms with van der Waals surface area (Å²) < 4.78 is 38.2. The Morgan fingerprint density at radius 3 is 2.56 bits per heavy atom. The Hall–Kier alpha value is -0.790. The van der Waals surface area contributed by atoms with Crippen LogP contribution in [0.5, 0.6) is 0 Å². The molecule has 1 fully saturated rings. The Morgan fingerprint density at radius 2 is 2.00 bits per heavy atom. The van der Waals surface area contributed by atoms with Crippen LogP contribution in [0.2, 0.25) is 0 Å². The van der Waals surface area contributed by atoms with Gasteiger partial charge in [-0.05, 0) is 59.5 Å². The van der Waals surface area contributed by atoms with Crippen LogP contribution in [0.1, 0.15) is 28.8 Å². The molecule has 1 aliphatic rings. The maximum atomic E-state index is 12.6. The zero-order valence-corrected chi connectivity index (χ0v) is 11.5. The van der Waals surface area contributed by atoms with E-state index in [4.69, 9.17) is 0 Å². The fourth-order valence-corrected chi connectivity index (χ4v) is 2.22. The van der Waals surface area contributed by atoms with Crippen molar-refractivity contribution in [3.05, 3.63) is 32.9 Å². The molecular weight excluding hydrogens is 358 g/mol. The van der Waals surface area contributed by atoms with Crippen molar-refractivity contribution in [3.8, 4) is 0 Å². The van der Waals surface area contributed by atoms with Crippen LogP contribution < -0.4 is 5.32 Å². The molecule has 0 aromatic heterocycles. The Kier molecular flexibility index (Phi) is 3.84. The number of hydrogen-bond acceptors (Lipinski definition) is 1. The SMILES string of the molecule is O=C(NCC1CC1)c1cc(I)cc(C(F)(F)F)c1. The van der Waals surface area contributed by atoms with Gasteiger partial charge < -0.3 is 5.32 Å². The zero-order valence-electron chi connectivity index (χ0n) is 9.35. The molecule has 1 aromatic rings. The van der Waals surface area contributed by atoms with Gasteiger partial charge in [0.15, 0.2) is 0 Å². The van der Waals surface area contributed by atoms with E-state index < -0.39 is 17.6 Å². The lowest BCUT2D eigenvalue weighted by Gasteiger charge is -2.10. The van der Waals surface area contributed by atoms with E-state index >= 15 is 0 Å². The van der Waals surface area contributed by atoms with Crippen molar-refractivity contribution in [1.82, 2.24) is 5.32 Å². The summed E-state index contributed by atoms with van der Waals surface area (Å²) in [7, 11) is 0. The highest BCUT2D eigenvalue weighted by molar-refractivity contribution is 14.1. The van der Waals surface area contributed by atoms with E-state index in [1.54, 1.807) is 22.6 Å². The third kappa shape index (κ3) is 3.60. The fourth-order valence-electron chi connectivity index (χ4n) is 1.55. The summed E-state index contributed by atoms with van der Waals surface area (Å²) in [5.74, 6) is 0.0599. The second kappa shape index (κ2) is 5.07. The predicted molar refractivity (Wildman–Crippen MR) is 69.2 cm³/mol. The molecular formula is C12H11F3INO. The van der Waals surface area contributed by atoms with Crippen molar-refractivity contribution in [2.45, 2.75) is 19.0 Å². The number of alkyl halides is 3. The highest BCUT2D eigenvalue weighted by Crippen LogP contribution is 2.31. The number of nitrogens with one attached hydrogen (secondary N) is 1. The average Bonchev–Trinajstić information content (AvgIpc) is 3.07. The molecule has 1 saturated carbocycles. The van der Waals surface area contributed by atoms with E-state index in [1.807, 2.05) is 0 Å². The first kappa shape index (κ1) is 13.6. The van der Waals surface area contributed by atoms with Crippen LogP contribution in [-0.4, -0.2) is 12.5 Å². The Morgan fingerprint density at radius 1 is 1.33 bits per heavy atom. The Labute approximate surface area is 116 Å². The summed E-state index contributed by atoms with van der Waals surface area (Å²) in [5.41, 5.74) is -0.721. The Balaban J connectivity index is 2.15. The molecule has 0 spiro atoms. The van der Waals surface area contributed by atoms with Crippen molar-refractivity contribution >= 4 is 28.5 Å². The number of halogens is 4. The first-order chi connectivity index (χ1) is 8.36. The molecule has 0 unspecified atom stereocenters. The van der Waals surface area contributed by atoms with E-state index in [9.17, 15) is 18.0 Å². The van der Waals surface area contributed by atoms with Crippen molar-refractivity contribution in [2.75, 3.05) is 6.54 Å². The van der Waals surface area contributed by atoms with Gasteiger partial charge in [0.05, 0.1) is 5.56 Å². The standard InChI is InChI=1S/C12H11F3INO/c13-12(14,15)9-3-8(4-10(16)5-9)11(18)17-6-7-1-2-7/h3-5,7H,1-2,6H2,(H,17,18). The minimum Gasteiger partial charge on any atom is -0.352 e. The molecule has 0 bridgehead atoms. The lowest BCUT2D eigenvalue weighted by Crippen LogP contribution is -2.26. The molecule has 18 heavy (non-hydrogen) atoms. The van der Waals surface area contributed by atoms with Gasteiger partial charge in [0.25, 0.3) is 5.91 Å². The average molecular weight is 369 g/mol. The summed E-state index contributed by atoms with van der Waals surface area (Å²) in [6.45, 7) is 0.547. The fraction of sp³-hybridized carbons (Fsp3) is 0.417. The first-order valence-electron chi connectivity index (χ1n) is 5.52. The van der Waals surface area contributed by atoms with E-state index in [0.29, 0.717) is 16.0 Å². The van der Waals surface area contributed by atoms with Gasteiger partial charge in [-0.3, -0.25) is 4.79 Å². The summed E-state index contributed by atoms with van der Waals surface area (Å²) in [4.78, 5) is 11.7. The highest BCUT2D eigenvalue weighted by Gasteiger charge is 2.31. The minimum atomic E-state index is -4.42. The summed E-state index contributed by atoms with van der Waals surface area (Å²) in [6, 6.07) is 3.38. The summed E-state index contributed by atoms with van der Waals surface area (Å²) >= 11 is 1.78. The summed E-state index contributed by atoms with van der Waals surface area (Å²) in [5, 5.41) is 2.66. The largest absolute Gasteiger partial charge is 0.416 e. The normalized spacial score (nSPS) is 15.6. The molecule has 0 radical (unpaired) electrons. The maximum absolute atomic E-state index is 12.6. The number of carbonyl (C=O) groups excluding carboxylic acids is 1. The molecule has 98 valence electrons. The van der Waals surface area contributed by atoms with Crippen LogP contribution in [0.4, 0.5) is 13.2 Å². The van der Waals surface area contributed by atoms with E-state index in [2.05, 4.69) is 5.32 Å². The third-order valence-corrected chi connectivity index (χ3v) is 3.36. The van der Waals surface area contributed by atoms with Crippen LogP contribution in [0.15, 0.2) is 18.2 Å². The second-order valence-electron chi connectivity index (χ2n) is 4.38. The van der Waals surface area contributed by atoms with E-state index in [1.165, 1.54) is 6.07 Å². The van der Waals surface area contributed by atoms with E-state index in [-0.39, 0.29) is 5.56 Å². The maximum Gasteiger partial charge on any atom is 0.416 e. The topological polar surface area (TPSA) is 29.1 Å². The predicted octanol–water partition coefficient (Wildman–Crippen LogP) is 3.45. The van der Waals surface area contributed by atoms with Crippen molar-refractivity contribution in [3.63, 3.8) is 0 Å². The number of hydrogen-bond donors (Lipinski definition) is 1.